The Balaban J connectivity index is 3.14. The van der Waals surface area contributed by atoms with E-state index in [-0.39, 0.29) is 25.1 Å². The summed E-state index contributed by atoms with van der Waals surface area (Å²) in [6, 6.07) is -9.14. The average Bonchev–Trinajstić information content (AvgIpc) is 3.69. The number of amides is 8. The summed E-state index contributed by atoms with van der Waals surface area (Å²) in [5.74, 6) is -11.9. The maximum atomic E-state index is 14.1. The molecule has 0 radical (unpaired) electrons. The van der Waals surface area contributed by atoms with Gasteiger partial charge in [-0.05, 0) is 38.0 Å². The standard InChI is InChI=1S/C36H59N9O14S/c1-6-17(3)28(35(58)38-14-24(46)40-19(5)30(53)39-15-27(51)52)43-34(57)23-9-8-12-45(23)36(59)29(18(4)7-2)44-32(55)21(13-26(49)50)41-33(56)22(16-60)42-31(54)20(37)10-11-25(47)48/h17-23,28-29,60H,6-16,37H2,1-5H3,(H,38,58)(H,39,53)(H,40,46)(H,41,56)(H,42,54)(H,43,57)(H,44,55)(H,47,48)(H,49,50)(H,51,52)/t17-,18-,19-,20-,21-,22-,23-,28-,29-/m0/s1. The van der Waals surface area contributed by atoms with Crippen LogP contribution in [-0.4, -0.2) is 153 Å². The fourth-order valence-corrected chi connectivity index (χ4v) is 6.12. The maximum absolute atomic E-state index is 14.1. The van der Waals surface area contributed by atoms with Crippen molar-refractivity contribution in [2.24, 2.45) is 17.6 Å². The van der Waals surface area contributed by atoms with Crippen LogP contribution in [0.15, 0.2) is 0 Å². The van der Waals surface area contributed by atoms with Crippen molar-refractivity contribution in [2.45, 2.75) is 122 Å². The Bertz CT molecular complexity index is 1600. The van der Waals surface area contributed by atoms with Gasteiger partial charge in [-0.1, -0.05) is 40.5 Å². The summed E-state index contributed by atoms with van der Waals surface area (Å²) in [7, 11) is 0. The molecule has 1 heterocycles. The molecule has 9 atom stereocenters. The van der Waals surface area contributed by atoms with Crippen LogP contribution < -0.4 is 43.0 Å². The lowest BCUT2D eigenvalue weighted by atomic mass is 9.96. The number of carbonyl (C=O) groups excluding carboxylic acids is 8. The highest BCUT2D eigenvalue weighted by Crippen LogP contribution is 2.22. The fraction of sp³-hybridized carbons (Fsp3) is 0.694. The summed E-state index contributed by atoms with van der Waals surface area (Å²) >= 11 is 4.04. The molecule has 8 amide bonds. The van der Waals surface area contributed by atoms with E-state index in [0.29, 0.717) is 19.3 Å². The van der Waals surface area contributed by atoms with Gasteiger partial charge in [0.05, 0.1) is 19.0 Å². The van der Waals surface area contributed by atoms with Crippen molar-refractivity contribution < 1.29 is 68.1 Å². The SMILES string of the molecule is CC[C@H](C)[C@H](NC(=O)[C@@H]1CCCN1C(=O)[C@@H](NC(=O)[C@H](CC(=O)O)NC(=O)[C@H](CS)NC(=O)[C@@H](N)CCC(=O)O)[C@@H](C)CC)C(=O)NCC(=O)N[C@@H](C)C(=O)NCC(=O)O. The van der Waals surface area contributed by atoms with Crippen molar-refractivity contribution in [3.63, 3.8) is 0 Å². The third-order valence-electron chi connectivity index (χ3n) is 9.85. The first-order valence-electron chi connectivity index (χ1n) is 19.5. The molecule has 0 aromatic heterocycles. The second-order valence-electron chi connectivity index (χ2n) is 14.5. The monoisotopic (exact) mass is 873 g/mol. The van der Waals surface area contributed by atoms with Gasteiger partial charge in [-0.15, -0.1) is 0 Å². The van der Waals surface area contributed by atoms with Gasteiger partial charge in [0.25, 0.3) is 0 Å². The number of nitrogens with two attached hydrogens (primary N) is 1. The van der Waals surface area contributed by atoms with Crippen LogP contribution in [0.5, 0.6) is 0 Å². The van der Waals surface area contributed by atoms with Crippen molar-refractivity contribution in [3.8, 4) is 0 Å². The molecule has 338 valence electrons. The van der Waals surface area contributed by atoms with Crippen molar-refractivity contribution >= 4 is 77.8 Å². The van der Waals surface area contributed by atoms with Crippen LogP contribution in [0.25, 0.3) is 0 Å². The van der Waals surface area contributed by atoms with Gasteiger partial charge in [0.1, 0.15) is 42.8 Å². The van der Waals surface area contributed by atoms with Gasteiger partial charge < -0.3 is 63.2 Å². The number of carbonyl (C=O) groups is 11. The van der Waals surface area contributed by atoms with Gasteiger partial charge in [0.2, 0.25) is 47.3 Å². The van der Waals surface area contributed by atoms with Gasteiger partial charge in [-0.25, -0.2) is 0 Å². The number of carboxylic acids is 3. The van der Waals surface area contributed by atoms with E-state index in [1.54, 1.807) is 27.7 Å². The molecule has 60 heavy (non-hydrogen) atoms. The molecule has 0 saturated carbocycles. The number of hydrogen-bond acceptors (Lipinski definition) is 13. The third kappa shape index (κ3) is 17.4. The Morgan fingerprint density at radius 1 is 0.683 bits per heavy atom. The van der Waals surface area contributed by atoms with E-state index in [4.69, 9.17) is 15.9 Å². The Hall–Kier alpha value is -5.52. The molecule has 23 nitrogen and oxygen atoms in total. The molecule has 1 rings (SSSR count). The second kappa shape index (κ2) is 25.9. The number of hydrogen-bond donors (Lipinski definition) is 12. The lowest BCUT2D eigenvalue weighted by Crippen LogP contribution is -2.61. The minimum absolute atomic E-state index is 0.0888. The Morgan fingerprint density at radius 2 is 1.25 bits per heavy atom. The highest BCUT2D eigenvalue weighted by molar-refractivity contribution is 7.80. The summed E-state index contributed by atoms with van der Waals surface area (Å²) in [6.45, 7) is 6.98. The van der Waals surface area contributed by atoms with Gasteiger partial charge in [0.15, 0.2) is 0 Å². The predicted octanol–water partition coefficient (Wildman–Crippen LogP) is -3.57. The van der Waals surface area contributed by atoms with Crippen LogP contribution in [0.4, 0.5) is 0 Å². The van der Waals surface area contributed by atoms with Crippen LogP contribution in [0, 0.1) is 11.8 Å². The molecular formula is C36H59N9O14S. The zero-order valence-corrected chi connectivity index (χ0v) is 35.2. The first-order valence-corrected chi connectivity index (χ1v) is 20.1. The van der Waals surface area contributed by atoms with Crippen LogP contribution in [-0.2, 0) is 52.7 Å². The quantitative estimate of drug-likeness (QED) is 0.0374. The predicted molar refractivity (Wildman–Crippen MR) is 214 cm³/mol. The van der Waals surface area contributed by atoms with Crippen LogP contribution in [0.3, 0.4) is 0 Å². The molecule has 1 aliphatic heterocycles. The van der Waals surface area contributed by atoms with Crippen molar-refractivity contribution in [3.05, 3.63) is 0 Å². The Kier molecular flexibility index (Phi) is 22.6. The maximum Gasteiger partial charge on any atom is 0.322 e. The minimum atomic E-state index is -1.75. The van der Waals surface area contributed by atoms with E-state index in [1.165, 1.54) is 11.8 Å². The lowest BCUT2D eigenvalue weighted by Gasteiger charge is -2.33. The highest BCUT2D eigenvalue weighted by atomic mass is 32.1. The number of nitrogens with one attached hydrogen (secondary N) is 7. The molecule has 12 N–H and O–H groups in total. The minimum Gasteiger partial charge on any atom is -0.481 e. The zero-order chi connectivity index (χ0) is 45.9. The molecule has 0 bridgehead atoms. The van der Waals surface area contributed by atoms with Gasteiger partial charge in [-0.3, -0.25) is 52.7 Å². The Labute approximate surface area is 352 Å². The molecule has 0 unspecified atom stereocenters. The number of thiol groups is 1. The zero-order valence-electron chi connectivity index (χ0n) is 34.3. The summed E-state index contributed by atoms with van der Waals surface area (Å²) < 4.78 is 0. The number of carboxylic acid groups (broad SMARTS) is 3. The van der Waals surface area contributed by atoms with E-state index in [9.17, 15) is 57.8 Å². The Morgan fingerprint density at radius 3 is 1.80 bits per heavy atom. The molecule has 0 spiro atoms. The van der Waals surface area contributed by atoms with Crippen LogP contribution >= 0.6 is 12.6 Å². The van der Waals surface area contributed by atoms with Gasteiger partial charge in [0, 0.05) is 18.7 Å². The molecule has 1 saturated heterocycles. The third-order valence-corrected chi connectivity index (χ3v) is 10.2. The molecular weight excluding hydrogens is 815 g/mol. The number of aliphatic carboxylic acids is 3. The number of rotatable bonds is 26. The number of nitrogens with zero attached hydrogens (tertiary/aromatic N) is 1. The summed E-state index contributed by atoms with van der Waals surface area (Å²) in [4.78, 5) is 139. The van der Waals surface area contributed by atoms with Gasteiger partial charge in [-0.2, -0.15) is 12.6 Å². The summed E-state index contributed by atoms with van der Waals surface area (Å²) in [6.07, 6.45) is -0.285. The van der Waals surface area contributed by atoms with E-state index in [2.05, 4.69) is 49.8 Å². The van der Waals surface area contributed by atoms with Crippen LogP contribution in [0.2, 0.25) is 0 Å². The first-order chi connectivity index (χ1) is 28.1. The molecule has 0 aromatic carbocycles. The molecule has 0 aromatic rings. The number of likely N-dealkylation sites (tertiary alicyclic amines) is 1. The average molecular weight is 874 g/mol. The fourth-order valence-electron chi connectivity index (χ4n) is 5.86. The van der Waals surface area contributed by atoms with Crippen LogP contribution in [0.1, 0.15) is 79.6 Å². The molecule has 1 aliphatic rings. The van der Waals surface area contributed by atoms with Crippen molar-refractivity contribution in [2.75, 3.05) is 25.4 Å². The summed E-state index contributed by atoms with van der Waals surface area (Å²) in [5, 5.41) is 43.7. The second-order valence-corrected chi connectivity index (χ2v) is 14.9. The van der Waals surface area contributed by atoms with E-state index >= 15 is 0 Å². The molecule has 1 fully saturated rings. The normalized spacial score (nSPS) is 17.4. The van der Waals surface area contributed by atoms with E-state index < -0.39 is 145 Å². The molecule has 24 heteroatoms. The summed E-state index contributed by atoms with van der Waals surface area (Å²) in [5.41, 5.74) is 5.71. The molecule has 0 aliphatic carbocycles. The van der Waals surface area contributed by atoms with E-state index in [1.807, 2.05) is 0 Å². The largest absolute Gasteiger partial charge is 0.481 e. The lowest BCUT2D eigenvalue weighted by molar-refractivity contribution is -0.144. The highest BCUT2D eigenvalue weighted by Gasteiger charge is 2.41. The van der Waals surface area contributed by atoms with Crippen molar-refractivity contribution in [1.29, 1.82) is 0 Å². The van der Waals surface area contributed by atoms with Crippen molar-refractivity contribution in [1.82, 2.24) is 42.1 Å². The topological polar surface area (TPSA) is 362 Å². The smallest absolute Gasteiger partial charge is 0.322 e. The van der Waals surface area contributed by atoms with Gasteiger partial charge >= 0.3 is 17.9 Å². The first kappa shape index (κ1) is 52.5. The van der Waals surface area contributed by atoms with E-state index in [0.717, 1.165) is 0 Å².